The van der Waals surface area contributed by atoms with Crippen LogP contribution >= 0.6 is 15.9 Å². The van der Waals surface area contributed by atoms with E-state index in [1.54, 1.807) is 6.92 Å². The number of esters is 1. The molecule has 0 aliphatic rings. The zero-order valence-corrected chi connectivity index (χ0v) is 12.0. The van der Waals surface area contributed by atoms with Gasteiger partial charge in [0.1, 0.15) is 5.78 Å². The maximum Gasteiger partial charge on any atom is 0.338 e. The molecule has 104 valence electrons. The van der Waals surface area contributed by atoms with Crippen molar-refractivity contribution in [1.29, 1.82) is 0 Å². The van der Waals surface area contributed by atoms with Gasteiger partial charge in [0.2, 0.25) is 0 Å². The third-order valence-corrected chi connectivity index (χ3v) is 3.59. The molecule has 0 heterocycles. The van der Waals surface area contributed by atoms with E-state index in [0.717, 1.165) is 6.07 Å². The molecule has 0 bridgehead atoms. The van der Waals surface area contributed by atoms with E-state index < -0.39 is 17.2 Å². The van der Waals surface area contributed by atoms with Crippen LogP contribution in [0, 0.1) is 0 Å². The van der Waals surface area contributed by atoms with Crippen molar-refractivity contribution in [2.75, 3.05) is 6.61 Å². The molecule has 0 aromatic heterocycles. The van der Waals surface area contributed by atoms with Gasteiger partial charge in [-0.15, -0.1) is 0 Å². The van der Waals surface area contributed by atoms with Gasteiger partial charge in [0.05, 0.1) is 17.0 Å². The molecule has 19 heavy (non-hydrogen) atoms. The Morgan fingerprint density at radius 1 is 1.37 bits per heavy atom. The Balaban J connectivity index is 3.30. The molecule has 0 saturated carbocycles. The molecule has 6 heteroatoms. The van der Waals surface area contributed by atoms with Crippen LogP contribution in [0.15, 0.2) is 18.2 Å². The second-order valence-corrected chi connectivity index (χ2v) is 4.76. The number of halogens is 3. The van der Waals surface area contributed by atoms with E-state index >= 15 is 0 Å². The highest BCUT2D eigenvalue weighted by Crippen LogP contribution is 2.30. The molecular weight excluding hydrogens is 322 g/mol. The maximum atomic E-state index is 12.7. The van der Waals surface area contributed by atoms with Crippen LogP contribution in [-0.4, -0.2) is 18.4 Å². The van der Waals surface area contributed by atoms with Crippen LogP contribution in [0.4, 0.5) is 8.78 Å². The summed E-state index contributed by atoms with van der Waals surface area (Å²) in [4.78, 5) is 22.4. The third-order valence-electron chi connectivity index (χ3n) is 2.45. The fourth-order valence-corrected chi connectivity index (χ4v) is 1.93. The number of hydrogen-bond donors (Lipinski definition) is 0. The van der Waals surface area contributed by atoms with Crippen LogP contribution in [0.1, 0.15) is 46.6 Å². The van der Waals surface area contributed by atoms with E-state index in [1.807, 2.05) is 0 Å². The number of hydrogen-bond acceptors (Lipinski definition) is 3. The number of Topliss-reactive ketones (excluding diaryl/α,β-unsaturated/α-hetero) is 1. The topological polar surface area (TPSA) is 43.4 Å². The van der Waals surface area contributed by atoms with E-state index in [9.17, 15) is 18.4 Å². The smallest absolute Gasteiger partial charge is 0.338 e. The molecule has 0 N–H and O–H groups in total. The first-order valence-electron chi connectivity index (χ1n) is 5.62. The number of carbonyl (C=O) groups is 2. The quantitative estimate of drug-likeness (QED) is 0.607. The first-order valence-corrected chi connectivity index (χ1v) is 6.53. The molecule has 0 radical (unpaired) electrons. The van der Waals surface area contributed by atoms with Gasteiger partial charge in [0.15, 0.2) is 0 Å². The molecule has 1 unspecified atom stereocenters. The minimum atomic E-state index is -2.69. The molecule has 3 nitrogen and oxygen atoms in total. The Morgan fingerprint density at radius 2 is 2.00 bits per heavy atom. The summed E-state index contributed by atoms with van der Waals surface area (Å²) in [5.41, 5.74) is 0.0298. The van der Waals surface area contributed by atoms with E-state index in [0.29, 0.717) is 5.56 Å². The van der Waals surface area contributed by atoms with Crippen molar-refractivity contribution in [3.63, 3.8) is 0 Å². The first kappa shape index (κ1) is 15.8. The summed E-state index contributed by atoms with van der Waals surface area (Å²) in [5.74, 6) is -0.943. The van der Waals surface area contributed by atoms with Crippen LogP contribution in [-0.2, 0) is 9.53 Å². The Bertz CT molecular complexity index is 489. The lowest BCUT2D eigenvalue weighted by atomic mass is 10.00. The summed E-state index contributed by atoms with van der Waals surface area (Å²) in [6.45, 7) is 3.09. The van der Waals surface area contributed by atoms with E-state index in [1.165, 1.54) is 19.1 Å². The van der Waals surface area contributed by atoms with Gasteiger partial charge in [-0.25, -0.2) is 13.6 Å². The second kappa shape index (κ2) is 6.75. The van der Waals surface area contributed by atoms with Crippen LogP contribution in [0.5, 0.6) is 0 Å². The van der Waals surface area contributed by atoms with Gasteiger partial charge in [-0.1, -0.05) is 28.1 Å². The highest BCUT2D eigenvalue weighted by atomic mass is 79.9. The zero-order valence-electron chi connectivity index (χ0n) is 10.5. The lowest BCUT2D eigenvalue weighted by Crippen LogP contribution is -2.12. The van der Waals surface area contributed by atoms with Gasteiger partial charge in [-0.05, 0) is 25.5 Å². The Hall–Kier alpha value is -1.30. The average molecular weight is 335 g/mol. The lowest BCUT2D eigenvalue weighted by Gasteiger charge is -2.13. The molecule has 0 aliphatic carbocycles. The van der Waals surface area contributed by atoms with E-state index in [4.69, 9.17) is 4.74 Å². The number of benzene rings is 1. The van der Waals surface area contributed by atoms with Crippen molar-refractivity contribution in [3.8, 4) is 0 Å². The fraction of sp³-hybridized carbons (Fsp3) is 0.385. The summed E-state index contributed by atoms with van der Waals surface area (Å²) in [6, 6.07) is 3.60. The zero-order chi connectivity index (χ0) is 14.6. The molecule has 0 saturated heterocycles. The normalized spacial score (nSPS) is 12.3. The van der Waals surface area contributed by atoms with Gasteiger partial charge in [-0.3, -0.25) is 4.79 Å². The number of alkyl halides is 3. The molecule has 0 spiro atoms. The number of ether oxygens (including phenoxy) is 1. The van der Waals surface area contributed by atoms with Crippen LogP contribution in [0.3, 0.4) is 0 Å². The number of rotatable bonds is 5. The highest BCUT2D eigenvalue weighted by molar-refractivity contribution is 9.09. The average Bonchev–Trinajstić information content (AvgIpc) is 2.37. The van der Waals surface area contributed by atoms with Gasteiger partial charge < -0.3 is 4.74 Å². The minimum absolute atomic E-state index is 0.0169. The van der Waals surface area contributed by atoms with E-state index in [2.05, 4.69) is 15.9 Å². The maximum absolute atomic E-state index is 12.7. The highest BCUT2D eigenvalue weighted by Gasteiger charge is 2.23. The fourth-order valence-electron chi connectivity index (χ4n) is 1.54. The largest absolute Gasteiger partial charge is 0.462 e. The van der Waals surface area contributed by atoms with Gasteiger partial charge in [0.25, 0.3) is 6.43 Å². The van der Waals surface area contributed by atoms with Crippen molar-refractivity contribution in [1.82, 2.24) is 0 Å². The summed E-state index contributed by atoms with van der Waals surface area (Å²) in [6.07, 6.45) is -2.69. The Morgan fingerprint density at radius 3 is 2.47 bits per heavy atom. The Kier molecular flexibility index (Phi) is 5.60. The van der Waals surface area contributed by atoms with Crippen LogP contribution < -0.4 is 0 Å². The summed E-state index contributed by atoms with van der Waals surface area (Å²) < 4.78 is 30.1. The van der Waals surface area contributed by atoms with Gasteiger partial charge >= 0.3 is 5.97 Å². The van der Waals surface area contributed by atoms with Crippen molar-refractivity contribution in [3.05, 3.63) is 34.9 Å². The summed E-state index contributed by atoms with van der Waals surface area (Å²) in [5, 5.41) is 0. The predicted molar refractivity (Wildman–Crippen MR) is 69.7 cm³/mol. The summed E-state index contributed by atoms with van der Waals surface area (Å²) in [7, 11) is 0. The molecule has 0 fully saturated rings. The SMILES string of the molecule is CCOC(=O)c1cc(C(F)F)ccc1C(Br)C(C)=O. The van der Waals surface area contributed by atoms with Crippen molar-refractivity contribution in [2.45, 2.75) is 25.1 Å². The number of ketones is 1. The molecule has 1 aromatic carbocycles. The Labute approximate surface area is 118 Å². The lowest BCUT2D eigenvalue weighted by molar-refractivity contribution is -0.116. The third kappa shape index (κ3) is 3.83. The molecular formula is C13H13BrF2O3. The van der Waals surface area contributed by atoms with Crippen molar-refractivity contribution < 1.29 is 23.1 Å². The first-order chi connectivity index (χ1) is 8.88. The van der Waals surface area contributed by atoms with Crippen molar-refractivity contribution >= 4 is 27.7 Å². The van der Waals surface area contributed by atoms with Gasteiger partial charge in [-0.2, -0.15) is 0 Å². The predicted octanol–water partition coefficient (Wildman–Crippen LogP) is 3.83. The molecule has 0 aliphatic heterocycles. The minimum Gasteiger partial charge on any atom is -0.462 e. The van der Waals surface area contributed by atoms with Crippen LogP contribution in [0.2, 0.25) is 0 Å². The number of carbonyl (C=O) groups excluding carboxylic acids is 2. The molecule has 0 amide bonds. The molecule has 1 atom stereocenters. The monoisotopic (exact) mass is 334 g/mol. The molecule has 1 aromatic rings. The molecule has 1 rings (SSSR count). The summed E-state index contributed by atoms with van der Waals surface area (Å²) >= 11 is 3.14. The van der Waals surface area contributed by atoms with Gasteiger partial charge in [0, 0.05) is 5.56 Å². The van der Waals surface area contributed by atoms with E-state index in [-0.39, 0.29) is 23.5 Å². The standard InChI is InChI=1S/C13H13BrF2O3/c1-3-19-13(18)10-6-8(12(15)16)4-5-9(10)11(14)7(2)17/h4-6,11-12H,3H2,1-2H3. The second-order valence-electron chi connectivity index (χ2n) is 3.84. The van der Waals surface area contributed by atoms with Crippen LogP contribution in [0.25, 0.3) is 0 Å². The van der Waals surface area contributed by atoms with Crippen molar-refractivity contribution in [2.24, 2.45) is 0 Å².